The number of aliphatic hydroxyl groups is 1. The number of aliphatic hydroxyl groups excluding tert-OH is 1. The molecule has 1 fully saturated rings. The Kier molecular flexibility index (Phi) is 4.00. The fraction of sp³-hybridized carbons (Fsp3) is 0.550. The molecule has 0 radical (unpaired) electrons. The van der Waals surface area contributed by atoms with Crippen LogP contribution in [0, 0.1) is 12.8 Å². The van der Waals surface area contributed by atoms with Crippen LogP contribution in [0.15, 0.2) is 21.3 Å². The van der Waals surface area contributed by atoms with E-state index in [2.05, 4.69) is 0 Å². The standard InChI is InChI=1S/C20H24O6/c1-10-5-14-16(23-4)8-17-18(15(22)7-11(2)24-17)19(14)26-20(10)9-13(21)6-12(3)25-20/h7-8,10,12-13,21H,5-6,9H2,1-4H3/t10-,12+,13-,20-/m1/s1. The maximum Gasteiger partial charge on any atom is 0.216 e. The van der Waals surface area contributed by atoms with E-state index in [1.54, 1.807) is 20.1 Å². The Labute approximate surface area is 151 Å². The average molecular weight is 360 g/mol. The summed E-state index contributed by atoms with van der Waals surface area (Å²) < 4.78 is 23.8. The zero-order chi connectivity index (χ0) is 18.6. The molecule has 4 rings (SSSR count). The van der Waals surface area contributed by atoms with E-state index < -0.39 is 11.9 Å². The molecule has 1 saturated heterocycles. The summed E-state index contributed by atoms with van der Waals surface area (Å²) in [6, 6.07) is 3.21. The first-order chi connectivity index (χ1) is 12.3. The van der Waals surface area contributed by atoms with Gasteiger partial charge in [0, 0.05) is 30.0 Å². The molecule has 0 saturated carbocycles. The van der Waals surface area contributed by atoms with Crippen LogP contribution >= 0.6 is 0 Å². The Hall–Kier alpha value is -2.05. The largest absolute Gasteiger partial charge is 0.496 e. The number of fused-ring (bicyclic) bond motifs is 3. The second kappa shape index (κ2) is 5.99. The summed E-state index contributed by atoms with van der Waals surface area (Å²) in [7, 11) is 1.59. The number of hydrogen-bond acceptors (Lipinski definition) is 6. The molecule has 0 aliphatic carbocycles. The molecule has 2 aliphatic heterocycles. The monoisotopic (exact) mass is 360 g/mol. The van der Waals surface area contributed by atoms with Crippen molar-refractivity contribution in [3.05, 3.63) is 33.7 Å². The van der Waals surface area contributed by atoms with E-state index in [1.165, 1.54) is 6.07 Å². The van der Waals surface area contributed by atoms with Gasteiger partial charge in [-0.05, 0) is 26.7 Å². The highest BCUT2D eigenvalue weighted by atomic mass is 16.7. The second-order valence-corrected chi connectivity index (χ2v) is 7.52. The quantitative estimate of drug-likeness (QED) is 0.842. The summed E-state index contributed by atoms with van der Waals surface area (Å²) in [6.07, 6.45) is 0.941. The molecule has 1 spiro atoms. The van der Waals surface area contributed by atoms with Crippen LogP contribution in [-0.4, -0.2) is 30.2 Å². The Morgan fingerprint density at radius 1 is 1.31 bits per heavy atom. The summed E-state index contributed by atoms with van der Waals surface area (Å²) in [5.41, 5.74) is 1.11. The highest BCUT2D eigenvalue weighted by Crippen LogP contribution is 2.48. The molecule has 2 aromatic rings. The molecular weight excluding hydrogens is 336 g/mol. The second-order valence-electron chi connectivity index (χ2n) is 7.52. The van der Waals surface area contributed by atoms with Crippen LogP contribution in [-0.2, 0) is 11.2 Å². The number of benzene rings is 1. The van der Waals surface area contributed by atoms with Gasteiger partial charge in [0.15, 0.2) is 5.43 Å². The van der Waals surface area contributed by atoms with Gasteiger partial charge in [0.2, 0.25) is 5.79 Å². The molecule has 6 heteroatoms. The maximum absolute atomic E-state index is 12.7. The number of methoxy groups -OCH3 is 1. The van der Waals surface area contributed by atoms with Gasteiger partial charge in [-0.2, -0.15) is 0 Å². The molecule has 0 bridgehead atoms. The predicted molar refractivity (Wildman–Crippen MR) is 95.8 cm³/mol. The fourth-order valence-electron chi connectivity index (χ4n) is 4.26. The molecule has 140 valence electrons. The van der Waals surface area contributed by atoms with Crippen molar-refractivity contribution in [3.8, 4) is 11.5 Å². The van der Waals surface area contributed by atoms with Crippen LogP contribution in [0.1, 0.15) is 38.0 Å². The number of hydrogen-bond donors (Lipinski definition) is 1. The zero-order valence-corrected chi connectivity index (χ0v) is 15.5. The van der Waals surface area contributed by atoms with Gasteiger partial charge in [-0.1, -0.05) is 6.92 Å². The first kappa shape index (κ1) is 17.4. The summed E-state index contributed by atoms with van der Waals surface area (Å²) >= 11 is 0. The topological polar surface area (TPSA) is 78.1 Å². The highest BCUT2D eigenvalue weighted by molar-refractivity contribution is 5.87. The van der Waals surface area contributed by atoms with Crippen LogP contribution in [0.5, 0.6) is 11.5 Å². The third-order valence-corrected chi connectivity index (χ3v) is 5.44. The van der Waals surface area contributed by atoms with E-state index in [4.69, 9.17) is 18.6 Å². The van der Waals surface area contributed by atoms with E-state index in [-0.39, 0.29) is 17.5 Å². The van der Waals surface area contributed by atoms with E-state index >= 15 is 0 Å². The van der Waals surface area contributed by atoms with Gasteiger partial charge in [-0.25, -0.2) is 0 Å². The molecule has 2 aliphatic rings. The molecule has 3 heterocycles. The number of ether oxygens (including phenoxy) is 3. The molecule has 1 N–H and O–H groups in total. The number of rotatable bonds is 1. The van der Waals surface area contributed by atoms with Gasteiger partial charge in [0.1, 0.15) is 28.2 Å². The average Bonchev–Trinajstić information content (AvgIpc) is 2.54. The molecular formula is C20H24O6. The lowest BCUT2D eigenvalue weighted by molar-refractivity contribution is -0.280. The van der Waals surface area contributed by atoms with Crippen molar-refractivity contribution in [2.24, 2.45) is 5.92 Å². The molecule has 0 amide bonds. The lowest BCUT2D eigenvalue weighted by Gasteiger charge is -2.48. The maximum atomic E-state index is 12.7. The van der Waals surface area contributed by atoms with Crippen molar-refractivity contribution in [2.75, 3.05) is 7.11 Å². The minimum absolute atomic E-state index is 0.00348. The Bertz CT molecular complexity index is 905. The van der Waals surface area contributed by atoms with Gasteiger partial charge in [0.05, 0.1) is 19.3 Å². The van der Waals surface area contributed by atoms with Gasteiger partial charge >= 0.3 is 0 Å². The Morgan fingerprint density at radius 2 is 2.08 bits per heavy atom. The van der Waals surface area contributed by atoms with Gasteiger partial charge in [-0.3, -0.25) is 4.79 Å². The number of aryl methyl sites for hydroxylation is 1. The molecule has 4 atom stereocenters. The molecule has 1 aromatic carbocycles. The van der Waals surface area contributed by atoms with Gasteiger partial charge < -0.3 is 23.7 Å². The van der Waals surface area contributed by atoms with Crippen molar-refractivity contribution in [1.29, 1.82) is 0 Å². The van der Waals surface area contributed by atoms with Crippen LogP contribution in [0.2, 0.25) is 0 Å². The Morgan fingerprint density at radius 3 is 2.77 bits per heavy atom. The summed E-state index contributed by atoms with van der Waals surface area (Å²) in [6.45, 7) is 5.70. The first-order valence-corrected chi connectivity index (χ1v) is 9.02. The smallest absolute Gasteiger partial charge is 0.216 e. The van der Waals surface area contributed by atoms with Crippen molar-refractivity contribution in [2.45, 2.75) is 58.0 Å². The van der Waals surface area contributed by atoms with Crippen molar-refractivity contribution in [1.82, 2.24) is 0 Å². The van der Waals surface area contributed by atoms with E-state index in [9.17, 15) is 9.90 Å². The van der Waals surface area contributed by atoms with Crippen molar-refractivity contribution < 1.29 is 23.7 Å². The van der Waals surface area contributed by atoms with Crippen molar-refractivity contribution >= 4 is 11.0 Å². The lowest BCUT2D eigenvalue weighted by atomic mass is 9.82. The van der Waals surface area contributed by atoms with Crippen LogP contribution in [0.25, 0.3) is 11.0 Å². The van der Waals surface area contributed by atoms with Gasteiger partial charge in [0.25, 0.3) is 0 Å². The normalized spacial score (nSPS) is 30.9. The summed E-state index contributed by atoms with van der Waals surface area (Å²) in [5, 5.41) is 10.7. The highest BCUT2D eigenvalue weighted by Gasteiger charge is 2.50. The minimum Gasteiger partial charge on any atom is -0.496 e. The van der Waals surface area contributed by atoms with Gasteiger partial charge in [-0.15, -0.1) is 0 Å². The molecule has 6 nitrogen and oxygen atoms in total. The van der Waals surface area contributed by atoms with E-state index in [0.717, 1.165) is 5.56 Å². The molecule has 26 heavy (non-hydrogen) atoms. The first-order valence-electron chi connectivity index (χ1n) is 9.02. The van der Waals surface area contributed by atoms with Crippen LogP contribution in [0.4, 0.5) is 0 Å². The van der Waals surface area contributed by atoms with Crippen molar-refractivity contribution in [3.63, 3.8) is 0 Å². The Balaban J connectivity index is 1.94. The minimum atomic E-state index is -0.958. The lowest BCUT2D eigenvalue weighted by Crippen LogP contribution is -2.56. The van der Waals surface area contributed by atoms with Crippen LogP contribution in [0.3, 0.4) is 0 Å². The van der Waals surface area contributed by atoms with Crippen LogP contribution < -0.4 is 14.9 Å². The van der Waals surface area contributed by atoms with E-state index in [1.807, 2.05) is 13.8 Å². The summed E-state index contributed by atoms with van der Waals surface area (Å²) in [5.74, 6) is 0.651. The molecule has 0 unspecified atom stereocenters. The summed E-state index contributed by atoms with van der Waals surface area (Å²) in [4.78, 5) is 12.7. The third-order valence-electron chi connectivity index (χ3n) is 5.44. The fourth-order valence-corrected chi connectivity index (χ4v) is 4.26. The third kappa shape index (κ3) is 2.59. The van der Waals surface area contributed by atoms with E-state index in [0.29, 0.717) is 47.5 Å². The zero-order valence-electron chi connectivity index (χ0n) is 15.5. The SMILES string of the molecule is COc1cc2oc(C)cc(=O)c2c2c1C[C@@H](C)[C@@]1(C[C@H](O)C[C@H](C)O1)O2. The molecule has 1 aromatic heterocycles. The predicted octanol–water partition coefficient (Wildman–Crippen LogP) is 2.94.